The van der Waals surface area contributed by atoms with Crippen LogP contribution in [0.15, 0.2) is 53.5 Å². The highest BCUT2D eigenvalue weighted by molar-refractivity contribution is 5.77. The first-order chi connectivity index (χ1) is 11.1. The van der Waals surface area contributed by atoms with Gasteiger partial charge in [-0.1, -0.05) is 18.2 Å². The fourth-order valence-corrected chi connectivity index (χ4v) is 2.76. The van der Waals surface area contributed by atoms with Crippen molar-refractivity contribution >= 4 is 10.9 Å². The zero-order chi connectivity index (χ0) is 16.2. The Morgan fingerprint density at radius 1 is 1.09 bits per heavy atom. The van der Waals surface area contributed by atoms with Gasteiger partial charge < -0.3 is 4.74 Å². The molecular weight excluding hydrogens is 288 g/mol. The van der Waals surface area contributed by atoms with Crippen LogP contribution in [-0.4, -0.2) is 16.4 Å². The van der Waals surface area contributed by atoms with Crippen molar-refractivity contribution in [2.45, 2.75) is 26.8 Å². The molecule has 0 aliphatic heterocycles. The molecule has 0 amide bonds. The second-order valence-corrected chi connectivity index (χ2v) is 5.77. The zero-order valence-corrected chi connectivity index (χ0v) is 13.5. The molecule has 0 aliphatic carbocycles. The number of rotatable bonds is 5. The van der Waals surface area contributed by atoms with E-state index in [-0.39, 0.29) is 5.43 Å². The number of fused-ring (bicyclic) bond motifs is 1. The second kappa shape index (κ2) is 6.65. The molecule has 3 aromatic rings. The molecule has 0 saturated heterocycles. The lowest BCUT2D eigenvalue weighted by Gasteiger charge is -2.11. The van der Waals surface area contributed by atoms with E-state index in [4.69, 9.17) is 4.74 Å². The van der Waals surface area contributed by atoms with E-state index in [2.05, 4.69) is 25.0 Å². The number of ether oxygens (including phenoxy) is 1. The molecule has 1 heterocycles. The van der Waals surface area contributed by atoms with Gasteiger partial charge in [0, 0.05) is 18.4 Å². The van der Waals surface area contributed by atoms with Gasteiger partial charge in [-0.05, 0) is 49.2 Å². The van der Waals surface area contributed by atoms with Crippen molar-refractivity contribution in [1.82, 2.24) is 9.78 Å². The summed E-state index contributed by atoms with van der Waals surface area (Å²) in [6.07, 6.45) is 2.21. The average Bonchev–Trinajstić information content (AvgIpc) is 2.53. The molecule has 0 spiro atoms. The molecule has 1 aromatic heterocycles. The van der Waals surface area contributed by atoms with Crippen molar-refractivity contribution in [2.75, 3.05) is 6.61 Å². The van der Waals surface area contributed by atoms with E-state index in [1.54, 1.807) is 0 Å². The Bertz CT molecular complexity index is 864. The van der Waals surface area contributed by atoms with Crippen LogP contribution in [-0.2, 0) is 6.54 Å². The van der Waals surface area contributed by atoms with E-state index in [9.17, 15) is 4.79 Å². The van der Waals surface area contributed by atoms with Crippen molar-refractivity contribution in [3.05, 3.63) is 70.0 Å². The van der Waals surface area contributed by atoms with E-state index < -0.39 is 0 Å². The summed E-state index contributed by atoms with van der Waals surface area (Å²) in [7, 11) is 0. The number of nitrogens with zero attached hydrogens (tertiary/aromatic N) is 2. The van der Waals surface area contributed by atoms with Crippen LogP contribution in [0.5, 0.6) is 5.75 Å². The molecule has 23 heavy (non-hydrogen) atoms. The molecule has 0 saturated carbocycles. The van der Waals surface area contributed by atoms with Crippen LogP contribution < -0.4 is 10.2 Å². The second-order valence-electron chi connectivity index (χ2n) is 5.77. The Hall–Kier alpha value is -2.62. The molecular formula is C19H20N2O2. The Labute approximate surface area is 135 Å². The summed E-state index contributed by atoms with van der Waals surface area (Å²) >= 11 is 0. The summed E-state index contributed by atoms with van der Waals surface area (Å²) in [6, 6.07) is 13.8. The smallest absolute Gasteiger partial charge is 0.207 e. The number of aromatic nitrogens is 2. The molecule has 118 valence electrons. The number of para-hydroxylation sites is 1. The van der Waals surface area contributed by atoms with Gasteiger partial charge in [0.05, 0.1) is 18.3 Å². The summed E-state index contributed by atoms with van der Waals surface area (Å²) in [4.78, 5) is 11.8. The average molecular weight is 308 g/mol. The summed E-state index contributed by atoms with van der Waals surface area (Å²) in [5.74, 6) is 0.903. The van der Waals surface area contributed by atoms with Crippen LogP contribution in [0.3, 0.4) is 0 Å². The molecule has 4 heteroatoms. The van der Waals surface area contributed by atoms with Gasteiger partial charge in [-0.2, -0.15) is 5.10 Å². The maximum absolute atomic E-state index is 11.8. The molecule has 0 aliphatic rings. The molecule has 0 fully saturated rings. The van der Waals surface area contributed by atoms with Crippen LogP contribution >= 0.6 is 0 Å². The topological polar surface area (TPSA) is 44.1 Å². The van der Waals surface area contributed by atoms with Crippen LogP contribution in [0, 0.1) is 13.8 Å². The van der Waals surface area contributed by atoms with E-state index >= 15 is 0 Å². The summed E-state index contributed by atoms with van der Waals surface area (Å²) < 4.78 is 7.69. The largest absolute Gasteiger partial charge is 0.494 e. The third-order valence-corrected chi connectivity index (χ3v) is 3.74. The molecule has 2 aromatic carbocycles. The quantitative estimate of drug-likeness (QED) is 0.678. The molecule has 0 radical (unpaired) electrons. The van der Waals surface area contributed by atoms with E-state index in [1.807, 2.05) is 41.1 Å². The van der Waals surface area contributed by atoms with Gasteiger partial charge in [-0.15, -0.1) is 0 Å². The van der Waals surface area contributed by atoms with Crippen molar-refractivity contribution in [2.24, 2.45) is 0 Å². The van der Waals surface area contributed by atoms with Crippen molar-refractivity contribution < 1.29 is 4.74 Å². The molecule has 0 unspecified atom stereocenters. The third-order valence-electron chi connectivity index (χ3n) is 3.74. The van der Waals surface area contributed by atoms with Crippen LogP contribution in [0.2, 0.25) is 0 Å². The van der Waals surface area contributed by atoms with Crippen molar-refractivity contribution in [3.8, 4) is 5.75 Å². The SMILES string of the molecule is Cc1cc(C)cc(OCCCn2ncc(=O)c3ccccc32)c1. The number of hydrogen-bond donors (Lipinski definition) is 0. The number of aryl methyl sites for hydroxylation is 3. The van der Waals surface area contributed by atoms with E-state index in [0.29, 0.717) is 18.5 Å². The highest BCUT2D eigenvalue weighted by Crippen LogP contribution is 2.16. The maximum Gasteiger partial charge on any atom is 0.207 e. The van der Waals surface area contributed by atoms with Gasteiger partial charge in [0.25, 0.3) is 0 Å². The maximum atomic E-state index is 11.8. The van der Waals surface area contributed by atoms with Crippen LogP contribution in [0.25, 0.3) is 10.9 Å². The third kappa shape index (κ3) is 3.59. The van der Waals surface area contributed by atoms with E-state index in [0.717, 1.165) is 17.7 Å². The fourth-order valence-electron chi connectivity index (χ4n) is 2.76. The van der Waals surface area contributed by atoms with E-state index in [1.165, 1.54) is 17.3 Å². The summed E-state index contributed by atoms with van der Waals surface area (Å²) in [6.45, 7) is 5.46. The standard InChI is InChI=1S/C19H20N2O2/c1-14-10-15(2)12-16(11-14)23-9-5-8-21-18-7-4-3-6-17(18)19(22)13-20-21/h3-4,6-7,10-13H,5,8-9H2,1-2H3. The lowest BCUT2D eigenvalue weighted by Crippen LogP contribution is -2.13. The van der Waals surface area contributed by atoms with Gasteiger partial charge in [0.2, 0.25) is 5.43 Å². The predicted octanol–water partition coefficient (Wildman–Crippen LogP) is 3.48. The van der Waals surface area contributed by atoms with Crippen LogP contribution in [0.4, 0.5) is 0 Å². The van der Waals surface area contributed by atoms with Crippen molar-refractivity contribution in [1.29, 1.82) is 0 Å². The lowest BCUT2D eigenvalue weighted by molar-refractivity contribution is 0.299. The number of benzene rings is 2. The summed E-state index contributed by atoms with van der Waals surface area (Å²) in [5.41, 5.74) is 3.23. The highest BCUT2D eigenvalue weighted by atomic mass is 16.5. The monoisotopic (exact) mass is 308 g/mol. The Morgan fingerprint density at radius 2 is 1.83 bits per heavy atom. The first-order valence-corrected chi connectivity index (χ1v) is 7.79. The molecule has 0 N–H and O–H groups in total. The van der Waals surface area contributed by atoms with Crippen LogP contribution in [0.1, 0.15) is 17.5 Å². The first-order valence-electron chi connectivity index (χ1n) is 7.79. The highest BCUT2D eigenvalue weighted by Gasteiger charge is 2.03. The zero-order valence-electron chi connectivity index (χ0n) is 13.5. The Morgan fingerprint density at radius 3 is 2.61 bits per heavy atom. The fraction of sp³-hybridized carbons (Fsp3) is 0.263. The molecule has 3 rings (SSSR count). The lowest BCUT2D eigenvalue weighted by atomic mass is 10.1. The minimum Gasteiger partial charge on any atom is -0.494 e. The molecule has 0 atom stereocenters. The molecule has 4 nitrogen and oxygen atoms in total. The Kier molecular flexibility index (Phi) is 4.42. The minimum absolute atomic E-state index is 0.0386. The van der Waals surface area contributed by atoms with Gasteiger partial charge in [0.1, 0.15) is 5.75 Å². The van der Waals surface area contributed by atoms with Gasteiger partial charge >= 0.3 is 0 Å². The summed E-state index contributed by atoms with van der Waals surface area (Å²) in [5, 5.41) is 4.93. The number of hydrogen-bond acceptors (Lipinski definition) is 3. The molecule has 0 bridgehead atoms. The predicted molar refractivity (Wildman–Crippen MR) is 92.0 cm³/mol. The van der Waals surface area contributed by atoms with Gasteiger partial charge in [0.15, 0.2) is 0 Å². The Balaban J connectivity index is 1.65. The van der Waals surface area contributed by atoms with Gasteiger partial charge in [-0.25, -0.2) is 0 Å². The van der Waals surface area contributed by atoms with Crippen molar-refractivity contribution in [3.63, 3.8) is 0 Å². The van der Waals surface area contributed by atoms with Gasteiger partial charge in [-0.3, -0.25) is 9.48 Å². The minimum atomic E-state index is -0.0386. The first kappa shape index (κ1) is 15.3. The normalized spacial score (nSPS) is 10.9.